The lowest BCUT2D eigenvalue weighted by Crippen LogP contribution is -1.92. The molecule has 0 N–H and O–H groups in total. The fraction of sp³-hybridized carbons (Fsp3) is 0.0667. The number of fused-ring (bicyclic) bond motifs is 6. The molecule has 0 fully saturated rings. The summed E-state index contributed by atoms with van der Waals surface area (Å²) < 4.78 is 6.18. The molecule has 1 aromatic heterocycles. The van der Waals surface area contributed by atoms with E-state index in [4.69, 9.17) is 4.42 Å². The summed E-state index contributed by atoms with van der Waals surface area (Å²) in [5, 5.41) is 9.80. The van der Waals surface area contributed by atoms with Crippen molar-refractivity contribution in [1.82, 2.24) is 0 Å². The van der Waals surface area contributed by atoms with E-state index in [2.05, 4.69) is 159 Å². The quantitative estimate of drug-likeness (QED) is 0.187. The summed E-state index contributed by atoms with van der Waals surface area (Å²) in [7, 11) is 0. The summed E-state index contributed by atoms with van der Waals surface area (Å²) >= 11 is 0. The van der Waals surface area contributed by atoms with Gasteiger partial charge in [0.1, 0.15) is 11.2 Å². The van der Waals surface area contributed by atoms with Crippen molar-refractivity contribution in [1.29, 1.82) is 0 Å². The first-order chi connectivity index (χ1) is 22.7. The minimum atomic E-state index is 0.916. The Morgan fingerprint density at radius 1 is 0.370 bits per heavy atom. The molecule has 8 aromatic carbocycles. The summed E-state index contributed by atoms with van der Waals surface area (Å²) in [5.41, 5.74) is 9.27. The molecular formula is C45H34O. The van der Waals surface area contributed by atoms with E-state index in [0.717, 1.165) is 21.9 Å². The smallest absolute Gasteiger partial charge is 0.135 e. The number of hydrogen-bond donors (Lipinski definition) is 0. The second-order valence-electron chi connectivity index (χ2n) is 12.0. The van der Waals surface area contributed by atoms with Crippen LogP contribution in [-0.2, 0) is 0 Å². The fourth-order valence-electron chi connectivity index (χ4n) is 6.92. The first kappa shape index (κ1) is 27.9. The summed E-state index contributed by atoms with van der Waals surface area (Å²) in [6, 6.07) is 56.9. The third-order valence-corrected chi connectivity index (χ3v) is 8.85. The maximum absolute atomic E-state index is 6.18. The van der Waals surface area contributed by atoms with Gasteiger partial charge in [-0.3, -0.25) is 0 Å². The van der Waals surface area contributed by atoms with Crippen molar-refractivity contribution in [2.24, 2.45) is 0 Å². The molecule has 0 aliphatic carbocycles. The van der Waals surface area contributed by atoms with Gasteiger partial charge in [-0.05, 0) is 90.0 Å². The highest BCUT2D eigenvalue weighted by Crippen LogP contribution is 2.46. The van der Waals surface area contributed by atoms with Gasteiger partial charge in [-0.25, -0.2) is 0 Å². The maximum atomic E-state index is 6.18. The Bertz CT molecular complexity index is 2470. The molecule has 46 heavy (non-hydrogen) atoms. The molecule has 1 heteroatoms. The van der Waals surface area contributed by atoms with Crippen LogP contribution in [0, 0.1) is 0 Å². The lowest BCUT2D eigenvalue weighted by Gasteiger charge is -2.20. The van der Waals surface area contributed by atoms with Crippen LogP contribution in [0.4, 0.5) is 0 Å². The molecule has 0 aliphatic heterocycles. The van der Waals surface area contributed by atoms with E-state index in [9.17, 15) is 0 Å². The first-order valence-electron chi connectivity index (χ1n) is 16.2. The second kappa shape index (κ2) is 11.7. The molecule has 0 bridgehead atoms. The van der Waals surface area contributed by atoms with Crippen LogP contribution < -0.4 is 0 Å². The third kappa shape index (κ3) is 4.64. The van der Waals surface area contributed by atoms with Gasteiger partial charge in [0.05, 0.1) is 0 Å². The van der Waals surface area contributed by atoms with Gasteiger partial charge in [-0.1, -0.05) is 154 Å². The standard InChI is InChI=1S/C42H26O.C3H8/c1-2-12-28-25-29(22-21-27(28)11-1)31-13-3-4-15-33(31)42-36-18-7-5-16-34(36)41(35-17-6-8-19-37(35)42)30-23-24-40-38(26-30)32-14-9-10-20-39(32)43-40;1-3-2/h1-26H;3H2,1-2H3. The molecule has 0 aliphatic rings. The lowest BCUT2D eigenvalue weighted by molar-refractivity contribution is 0.669. The van der Waals surface area contributed by atoms with E-state index in [-0.39, 0.29) is 0 Å². The molecule has 0 spiro atoms. The molecule has 0 amide bonds. The first-order valence-corrected chi connectivity index (χ1v) is 16.2. The highest BCUT2D eigenvalue weighted by atomic mass is 16.3. The van der Waals surface area contributed by atoms with Crippen molar-refractivity contribution < 1.29 is 4.42 Å². The van der Waals surface area contributed by atoms with Gasteiger partial charge in [0.2, 0.25) is 0 Å². The third-order valence-electron chi connectivity index (χ3n) is 8.85. The largest absolute Gasteiger partial charge is 0.456 e. The summed E-state index contributed by atoms with van der Waals surface area (Å²) in [6.45, 7) is 4.25. The zero-order valence-electron chi connectivity index (χ0n) is 26.1. The van der Waals surface area contributed by atoms with Gasteiger partial charge in [-0.2, -0.15) is 0 Å². The number of furan rings is 1. The van der Waals surface area contributed by atoms with Crippen LogP contribution in [-0.4, -0.2) is 0 Å². The lowest BCUT2D eigenvalue weighted by atomic mass is 9.83. The SMILES string of the molecule is CCC.c1ccc(-c2c3ccccc3c(-c3ccc4oc5ccccc5c4c3)c3ccccc23)c(-c2ccc3ccccc3c2)c1. The van der Waals surface area contributed by atoms with Crippen LogP contribution in [0.25, 0.3) is 87.6 Å². The van der Waals surface area contributed by atoms with Gasteiger partial charge in [0.25, 0.3) is 0 Å². The average molecular weight is 591 g/mol. The van der Waals surface area contributed by atoms with Crippen LogP contribution in [0.5, 0.6) is 0 Å². The Balaban J connectivity index is 0.00000100. The van der Waals surface area contributed by atoms with Crippen molar-refractivity contribution in [2.75, 3.05) is 0 Å². The summed E-state index contributed by atoms with van der Waals surface area (Å²) in [5.74, 6) is 0. The molecule has 0 saturated carbocycles. The van der Waals surface area contributed by atoms with Crippen LogP contribution in [0.3, 0.4) is 0 Å². The molecule has 9 rings (SSSR count). The predicted octanol–water partition coefficient (Wildman–Crippen LogP) is 13.5. The Morgan fingerprint density at radius 2 is 0.870 bits per heavy atom. The summed E-state index contributed by atoms with van der Waals surface area (Å²) in [4.78, 5) is 0. The molecule has 0 saturated heterocycles. The Hall–Kier alpha value is -5.66. The molecule has 1 nitrogen and oxygen atoms in total. The van der Waals surface area contributed by atoms with Crippen molar-refractivity contribution in [3.05, 3.63) is 158 Å². The van der Waals surface area contributed by atoms with E-state index in [0.29, 0.717) is 0 Å². The second-order valence-corrected chi connectivity index (χ2v) is 12.0. The number of hydrogen-bond acceptors (Lipinski definition) is 1. The van der Waals surface area contributed by atoms with Crippen LogP contribution >= 0.6 is 0 Å². The van der Waals surface area contributed by atoms with Gasteiger partial charge in [0.15, 0.2) is 0 Å². The molecule has 0 unspecified atom stereocenters. The van der Waals surface area contributed by atoms with Gasteiger partial charge < -0.3 is 4.42 Å². The highest BCUT2D eigenvalue weighted by Gasteiger charge is 2.19. The van der Waals surface area contributed by atoms with Crippen molar-refractivity contribution in [3.8, 4) is 33.4 Å². The zero-order valence-corrected chi connectivity index (χ0v) is 26.1. The predicted molar refractivity (Wildman–Crippen MR) is 199 cm³/mol. The zero-order chi connectivity index (χ0) is 31.0. The van der Waals surface area contributed by atoms with Crippen LogP contribution in [0.2, 0.25) is 0 Å². The molecule has 9 aromatic rings. The average Bonchev–Trinajstić information content (AvgIpc) is 3.49. The van der Waals surface area contributed by atoms with E-state index in [1.54, 1.807) is 0 Å². The van der Waals surface area contributed by atoms with Crippen LogP contribution in [0.1, 0.15) is 20.3 Å². The number of benzene rings is 8. The van der Waals surface area contributed by atoms with E-state index < -0.39 is 0 Å². The van der Waals surface area contributed by atoms with E-state index in [1.807, 2.05) is 12.1 Å². The van der Waals surface area contributed by atoms with Gasteiger partial charge in [0, 0.05) is 10.8 Å². The fourth-order valence-corrected chi connectivity index (χ4v) is 6.92. The Kier molecular flexibility index (Phi) is 7.08. The van der Waals surface area contributed by atoms with Gasteiger partial charge in [-0.15, -0.1) is 0 Å². The van der Waals surface area contributed by atoms with Crippen molar-refractivity contribution in [2.45, 2.75) is 20.3 Å². The molecule has 1 heterocycles. The normalized spacial score (nSPS) is 11.3. The molecular weight excluding hydrogens is 556 g/mol. The number of rotatable bonds is 3. The van der Waals surface area contributed by atoms with E-state index >= 15 is 0 Å². The Labute approximate surface area is 269 Å². The highest BCUT2D eigenvalue weighted by molar-refractivity contribution is 6.23. The molecule has 0 atom stereocenters. The minimum Gasteiger partial charge on any atom is -0.456 e. The van der Waals surface area contributed by atoms with E-state index in [1.165, 1.54) is 72.1 Å². The Morgan fingerprint density at radius 3 is 1.57 bits per heavy atom. The molecule has 220 valence electrons. The topological polar surface area (TPSA) is 13.1 Å². The van der Waals surface area contributed by atoms with Crippen molar-refractivity contribution >= 4 is 54.3 Å². The minimum absolute atomic E-state index is 0.916. The van der Waals surface area contributed by atoms with Crippen LogP contribution in [0.15, 0.2) is 162 Å². The maximum Gasteiger partial charge on any atom is 0.135 e. The molecule has 0 radical (unpaired) electrons. The monoisotopic (exact) mass is 590 g/mol. The summed E-state index contributed by atoms with van der Waals surface area (Å²) in [6.07, 6.45) is 1.25. The number of para-hydroxylation sites is 1. The van der Waals surface area contributed by atoms with Crippen molar-refractivity contribution in [3.63, 3.8) is 0 Å². The van der Waals surface area contributed by atoms with Gasteiger partial charge >= 0.3 is 0 Å².